The molecule has 0 heterocycles. The van der Waals surface area contributed by atoms with E-state index in [2.05, 4.69) is 10.6 Å². The second-order valence-electron chi connectivity index (χ2n) is 10.2. The van der Waals surface area contributed by atoms with Crippen LogP contribution in [0.2, 0.25) is 0 Å². The standard InChI is InChI=1S/C27H45N2O5P/c1-5-35(33,34-4)27(32)24(19-22-14-10-7-11-15-22)29-26(31)23(18-20(2)3)28-25(30)17-16-21-12-8-6-9-13-21/h6,8-9,12-13,20,22-24,27,32H,5,7,10-11,14-19H2,1-4H3,(H,28,30)(H,29,31)/t23-,24?,27?,35?/m0/s1. The predicted molar refractivity (Wildman–Crippen MR) is 140 cm³/mol. The van der Waals surface area contributed by atoms with Crippen molar-refractivity contribution < 1.29 is 23.8 Å². The summed E-state index contributed by atoms with van der Waals surface area (Å²) in [6.45, 7) is 5.73. The largest absolute Gasteiger partial charge is 0.381 e. The van der Waals surface area contributed by atoms with Crippen molar-refractivity contribution in [1.29, 1.82) is 0 Å². The molecule has 1 fully saturated rings. The van der Waals surface area contributed by atoms with Crippen LogP contribution in [0.25, 0.3) is 0 Å². The van der Waals surface area contributed by atoms with E-state index < -0.39 is 25.3 Å². The quantitative estimate of drug-likeness (QED) is 0.311. The summed E-state index contributed by atoms with van der Waals surface area (Å²) in [6.07, 6.45) is 7.63. The number of aryl methyl sites for hydroxylation is 1. The zero-order valence-corrected chi connectivity index (χ0v) is 22.8. The molecule has 1 saturated carbocycles. The van der Waals surface area contributed by atoms with Crippen molar-refractivity contribution in [2.75, 3.05) is 13.3 Å². The van der Waals surface area contributed by atoms with Crippen LogP contribution in [0, 0.1) is 11.8 Å². The molecule has 8 heteroatoms. The van der Waals surface area contributed by atoms with E-state index in [1.165, 1.54) is 13.5 Å². The van der Waals surface area contributed by atoms with Crippen molar-refractivity contribution in [3.8, 4) is 0 Å². The highest BCUT2D eigenvalue weighted by atomic mass is 31.2. The van der Waals surface area contributed by atoms with Crippen molar-refractivity contribution in [3.63, 3.8) is 0 Å². The van der Waals surface area contributed by atoms with Crippen LogP contribution in [0.4, 0.5) is 0 Å². The highest BCUT2D eigenvalue weighted by Crippen LogP contribution is 2.51. The number of hydrogen-bond acceptors (Lipinski definition) is 5. The first-order chi connectivity index (χ1) is 16.7. The molecule has 0 aromatic heterocycles. The van der Waals surface area contributed by atoms with Gasteiger partial charge in [-0.25, -0.2) is 0 Å². The molecular weight excluding hydrogens is 463 g/mol. The maximum Gasteiger partial charge on any atom is 0.242 e. The van der Waals surface area contributed by atoms with Gasteiger partial charge in [0.2, 0.25) is 19.2 Å². The Labute approximate surface area is 211 Å². The van der Waals surface area contributed by atoms with Gasteiger partial charge in [-0.1, -0.05) is 83.2 Å². The Bertz CT molecular complexity index is 818. The Balaban J connectivity index is 2.11. The van der Waals surface area contributed by atoms with Gasteiger partial charge in [0.15, 0.2) is 5.85 Å². The SMILES string of the molecule is CCP(=O)(OC)C(O)C(CC1CCCCC1)NC(=O)[C@H](CC(C)C)NC(=O)CCc1ccccc1. The predicted octanol–water partition coefficient (Wildman–Crippen LogP) is 4.87. The molecule has 3 unspecified atom stereocenters. The van der Waals surface area contributed by atoms with Gasteiger partial charge in [0.05, 0.1) is 6.04 Å². The molecule has 3 N–H and O–H groups in total. The number of carbonyl (C=O) groups excluding carboxylic acids is 2. The number of carbonyl (C=O) groups is 2. The van der Waals surface area contributed by atoms with Gasteiger partial charge < -0.3 is 20.3 Å². The first-order valence-electron chi connectivity index (χ1n) is 13.1. The first-order valence-corrected chi connectivity index (χ1v) is 15.0. The number of amides is 2. The van der Waals surface area contributed by atoms with Crippen LogP contribution < -0.4 is 10.6 Å². The van der Waals surface area contributed by atoms with Gasteiger partial charge in [0.25, 0.3) is 0 Å². The molecule has 2 amide bonds. The maximum absolute atomic E-state index is 13.4. The van der Waals surface area contributed by atoms with E-state index in [-0.39, 0.29) is 30.3 Å². The minimum Gasteiger partial charge on any atom is -0.381 e. The Morgan fingerprint density at radius 2 is 1.77 bits per heavy atom. The van der Waals surface area contributed by atoms with Crippen LogP contribution in [0.15, 0.2) is 30.3 Å². The van der Waals surface area contributed by atoms with Gasteiger partial charge >= 0.3 is 0 Å². The lowest BCUT2D eigenvalue weighted by molar-refractivity contribution is -0.130. The third-order valence-corrected chi connectivity index (χ3v) is 9.66. The molecule has 0 aliphatic heterocycles. The number of nitrogens with one attached hydrogen (secondary N) is 2. The van der Waals surface area contributed by atoms with Crippen LogP contribution >= 0.6 is 7.37 Å². The lowest BCUT2D eigenvalue weighted by Gasteiger charge is -2.34. The van der Waals surface area contributed by atoms with Crippen molar-refractivity contribution in [1.82, 2.24) is 10.6 Å². The third-order valence-electron chi connectivity index (χ3n) is 6.99. The fourth-order valence-corrected chi connectivity index (χ4v) is 6.48. The molecule has 198 valence electrons. The van der Waals surface area contributed by atoms with Crippen LogP contribution in [0.5, 0.6) is 0 Å². The fraction of sp³-hybridized carbons (Fsp3) is 0.704. The molecular formula is C27H45N2O5P. The molecule has 1 aliphatic carbocycles. The molecule has 4 atom stereocenters. The number of hydrogen-bond donors (Lipinski definition) is 3. The highest BCUT2D eigenvalue weighted by Gasteiger charge is 2.39. The van der Waals surface area contributed by atoms with Crippen molar-refractivity contribution in [2.45, 2.75) is 96.5 Å². The van der Waals surface area contributed by atoms with Crippen LogP contribution in [-0.2, 0) is 25.1 Å². The zero-order valence-electron chi connectivity index (χ0n) is 21.9. The molecule has 1 aromatic rings. The monoisotopic (exact) mass is 508 g/mol. The number of aliphatic hydroxyl groups excluding tert-OH is 1. The summed E-state index contributed by atoms with van der Waals surface area (Å²) >= 11 is 0. The Kier molecular flexibility index (Phi) is 12.5. The minimum absolute atomic E-state index is 0.183. The summed E-state index contributed by atoms with van der Waals surface area (Å²) in [5.74, 6) is -1.27. The van der Waals surface area contributed by atoms with Crippen molar-refractivity contribution in [3.05, 3.63) is 35.9 Å². The Hall–Kier alpha value is -1.69. The first kappa shape index (κ1) is 29.5. The van der Waals surface area contributed by atoms with E-state index in [4.69, 9.17) is 4.52 Å². The highest BCUT2D eigenvalue weighted by molar-refractivity contribution is 7.59. The maximum atomic E-state index is 13.4. The normalized spacial score (nSPS) is 18.9. The third kappa shape index (κ3) is 9.70. The molecule has 0 bridgehead atoms. The Morgan fingerprint density at radius 1 is 1.11 bits per heavy atom. The molecule has 1 aromatic carbocycles. The number of aliphatic hydroxyl groups is 1. The van der Waals surface area contributed by atoms with Crippen molar-refractivity contribution in [2.24, 2.45) is 11.8 Å². The summed E-state index contributed by atoms with van der Waals surface area (Å²) in [6, 6.07) is 8.36. The average molecular weight is 509 g/mol. The topological polar surface area (TPSA) is 105 Å². The molecule has 0 radical (unpaired) electrons. The molecule has 1 aliphatic rings. The van der Waals surface area contributed by atoms with Crippen LogP contribution in [0.3, 0.4) is 0 Å². The van der Waals surface area contributed by atoms with Gasteiger partial charge in [-0.2, -0.15) is 0 Å². The number of benzene rings is 1. The average Bonchev–Trinajstić information content (AvgIpc) is 2.86. The number of rotatable bonds is 14. The second-order valence-corrected chi connectivity index (χ2v) is 13.2. The van der Waals surface area contributed by atoms with Crippen molar-refractivity contribution >= 4 is 19.2 Å². The second kappa shape index (κ2) is 14.8. The minimum atomic E-state index is -3.33. The summed E-state index contributed by atoms with van der Waals surface area (Å²) in [5.41, 5.74) is 1.07. The summed E-state index contributed by atoms with van der Waals surface area (Å²) in [5, 5.41) is 16.9. The molecule has 7 nitrogen and oxygen atoms in total. The van der Waals surface area contributed by atoms with E-state index in [9.17, 15) is 19.3 Å². The van der Waals surface area contributed by atoms with Gasteiger partial charge in [-0.05, 0) is 36.7 Å². The Morgan fingerprint density at radius 3 is 2.34 bits per heavy atom. The van der Waals surface area contributed by atoms with Gasteiger partial charge in [0.1, 0.15) is 6.04 Å². The van der Waals surface area contributed by atoms with Crippen LogP contribution in [0.1, 0.15) is 77.7 Å². The van der Waals surface area contributed by atoms with Crippen LogP contribution in [-0.4, -0.2) is 48.1 Å². The fourth-order valence-electron chi connectivity index (χ4n) is 4.89. The molecule has 0 saturated heterocycles. The van der Waals surface area contributed by atoms with E-state index in [0.717, 1.165) is 31.2 Å². The molecule has 0 spiro atoms. The molecule has 2 rings (SSSR count). The zero-order chi connectivity index (χ0) is 25.8. The molecule has 35 heavy (non-hydrogen) atoms. The summed E-state index contributed by atoms with van der Waals surface area (Å²) in [4.78, 5) is 26.1. The lowest BCUT2D eigenvalue weighted by Crippen LogP contribution is -2.53. The van der Waals surface area contributed by atoms with E-state index in [0.29, 0.717) is 25.2 Å². The smallest absolute Gasteiger partial charge is 0.242 e. The van der Waals surface area contributed by atoms with Gasteiger partial charge in [-0.3, -0.25) is 14.2 Å². The van der Waals surface area contributed by atoms with E-state index in [1.54, 1.807) is 6.92 Å². The van der Waals surface area contributed by atoms with E-state index in [1.807, 2.05) is 44.2 Å². The van der Waals surface area contributed by atoms with E-state index >= 15 is 0 Å². The van der Waals surface area contributed by atoms with Gasteiger partial charge in [-0.15, -0.1) is 0 Å². The summed E-state index contributed by atoms with van der Waals surface area (Å²) in [7, 11) is -1.98. The summed E-state index contributed by atoms with van der Waals surface area (Å²) < 4.78 is 18.4. The van der Waals surface area contributed by atoms with Gasteiger partial charge in [0, 0.05) is 19.7 Å². The lowest BCUT2D eigenvalue weighted by atomic mass is 9.85.